The highest BCUT2D eigenvalue weighted by molar-refractivity contribution is 5.80. The van der Waals surface area contributed by atoms with Crippen LogP contribution in [0.15, 0.2) is 36.5 Å². The van der Waals surface area contributed by atoms with Crippen LogP contribution in [-0.4, -0.2) is 39.2 Å². The first-order chi connectivity index (χ1) is 12.4. The Balaban J connectivity index is 2.41. The van der Waals surface area contributed by atoms with Crippen LogP contribution in [0, 0.1) is 0 Å². The van der Waals surface area contributed by atoms with Crippen molar-refractivity contribution in [2.24, 2.45) is 0 Å². The van der Waals surface area contributed by atoms with Gasteiger partial charge in [-0.3, -0.25) is 4.68 Å². The van der Waals surface area contributed by atoms with Crippen molar-refractivity contribution in [3.8, 4) is 5.75 Å². The molecule has 0 atom stereocenters. The highest BCUT2D eigenvalue weighted by Gasteiger charge is 2.46. The number of carbonyl (C=O) groups is 1. The number of para-hydroxylation sites is 1. The third-order valence-electron chi connectivity index (χ3n) is 3.30. The predicted octanol–water partition coefficient (Wildman–Crippen LogP) is 1.88. The maximum absolute atomic E-state index is 14.1. The van der Waals surface area contributed by atoms with Crippen LogP contribution in [0.2, 0.25) is 0 Å². The molecule has 0 aliphatic heterocycles. The van der Waals surface area contributed by atoms with Crippen LogP contribution >= 0.6 is 0 Å². The van der Waals surface area contributed by atoms with E-state index in [1.165, 1.54) is 6.07 Å². The zero-order valence-corrected chi connectivity index (χ0v) is 13.6. The molecule has 0 saturated carbocycles. The van der Waals surface area contributed by atoms with Crippen molar-refractivity contribution < 1.29 is 46.4 Å². The van der Waals surface area contributed by atoms with Crippen LogP contribution < -0.4 is 4.74 Å². The van der Waals surface area contributed by atoms with E-state index in [1.54, 1.807) is 0 Å². The van der Waals surface area contributed by atoms with E-state index in [0.717, 1.165) is 37.6 Å². The fourth-order valence-electron chi connectivity index (χ4n) is 2.16. The molecule has 148 valence electrons. The fourth-order valence-corrected chi connectivity index (χ4v) is 2.16. The molecule has 12 heteroatoms. The standard InChI is InChI=1S/C15H13F5N2O5/c1-26-12(23)14(19,20)9-4-2-3-5-10(9)27-15(24,25)11-6-7-21-22(11)8-13(16,17)18/h2-7,24-25H,8H2,1H3. The number of hydrogen-bond acceptors (Lipinski definition) is 6. The first kappa shape index (κ1) is 20.6. The van der Waals surface area contributed by atoms with Crippen LogP contribution in [0.5, 0.6) is 5.75 Å². The molecule has 0 spiro atoms. The second kappa shape index (κ2) is 7.12. The number of nitrogens with zero attached hydrogens (tertiary/aromatic N) is 2. The van der Waals surface area contributed by atoms with Gasteiger partial charge in [0.1, 0.15) is 18.0 Å². The molecular formula is C15H13F5N2O5. The molecule has 0 saturated heterocycles. The zero-order chi connectivity index (χ0) is 20.5. The Morgan fingerprint density at radius 3 is 2.37 bits per heavy atom. The average Bonchev–Trinajstić information content (AvgIpc) is 3.01. The smallest absolute Gasteiger partial charge is 0.408 e. The number of carbonyl (C=O) groups excluding carboxylic acids is 1. The van der Waals surface area contributed by atoms with Gasteiger partial charge < -0.3 is 19.7 Å². The monoisotopic (exact) mass is 396 g/mol. The maximum Gasteiger partial charge on any atom is 0.408 e. The lowest BCUT2D eigenvalue weighted by atomic mass is 10.1. The van der Waals surface area contributed by atoms with Crippen molar-refractivity contribution in [2.45, 2.75) is 24.6 Å². The third kappa shape index (κ3) is 4.52. The summed E-state index contributed by atoms with van der Waals surface area (Å²) in [5.41, 5.74) is -1.94. The molecule has 2 N–H and O–H groups in total. The quantitative estimate of drug-likeness (QED) is 0.440. The van der Waals surface area contributed by atoms with Crippen LogP contribution in [0.25, 0.3) is 0 Å². The molecule has 7 nitrogen and oxygen atoms in total. The average molecular weight is 396 g/mol. The summed E-state index contributed by atoms with van der Waals surface area (Å²) in [7, 11) is 0.720. The number of alkyl halides is 5. The van der Waals surface area contributed by atoms with Gasteiger partial charge in [0.25, 0.3) is 0 Å². The molecule has 0 fully saturated rings. The first-order valence-electron chi connectivity index (χ1n) is 7.17. The Morgan fingerprint density at radius 1 is 1.15 bits per heavy atom. The van der Waals surface area contributed by atoms with E-state index in [2.05, 4.69) is 9.84 Å². The maximum atomic E-state index is 14.1. The van der Waals surface area contributed by atoms with Crippen LogP contribution in [0.1, 0.15) is 11.3 Å². The molecule has 0 radical (unpaired) electrons. The van der Waals surface area contributed by atoms with E-state index in [-0.39, 0.29) is 4.68 Å². The highest BCUT2D eigenvalue weighted by atomic mass is 19.4. The summed E-state index contributed by atoms with van der Waals surface area (Å²) in [5.74, 6) is -10.5. The van der Waals surface area contributed by atoms with Crippen LogP contribution in [0.4, 0.5) is 22.0 Å². The molecule has 0 bridgehead atoms. The Hall–Kier alpha value is -2.73. The first-order valence-corrected chi connectivity index (χ1v) is 7.17. The normalized spacial score (nSPS) is 12.7. The molecule has 2 rings (SSSR count). The number of aromatic nitrogens is 2. The summed E-state index contributed by atoms with van der Waals surface area (Å²) in [6, 6.07) is 4.72. The van der Waals surface area contributed by atoms with Gasteiger partial charge >= 0.3 is 24.0 Å². The topological polar surface area (TPSA) is 93.8 Å². The second-order valence-electron chi connectivity index (χ2n) is 5.26. The van der Waals surface area contributed by atoms with Gasteiger partial charge in [0.15, 0.2) is 0 Å². The van der Waals surface area contributed by atoms with E-state index < -0.39 is 47.6 Å². The van der Waals surface area contributed by atoms with Gasteiger partial charge in [-0.05, 0) is 18.2 Å². The Labute approximate surface area is 148 Å². The number of esters is 1. The second-order valence-corrected chi connectivity index (χ2v) is 5.26. The minimum atomic E-state index is -4.74. The number of aliphatic hydroxyl groups is 2. The lowest BCUT2D eigenvalue weighted by Crippen LogP contribution is -2.37. The Bertz CT molecular complexity index is 819. The van der Waals surface area contributed by atoms with E-state index in [4.69, 9.17) is 4.74 Å². The summed E-state index contributed by atoms with van der Waals surface area (Å²) in [6.45, 7) is -1.68. The summed E-state index contributed by atoms with van der Waals surface area (Å²) in [4.78, 5) is 11.3. The van der Waals surface area contributed by atoms with Gasteiger partial charge in [-0.2, -0.15) is 27.1 Å². The van der Waals surface area contributed by atoms with Gasteiger partial charge in [0, 0.05) is 6.20 Å². The summed E-state index contributed by atoms with van der Waals surface area (Å²) >= 11 is 0. The van der Waals surface area contributed by atoms with E-state index in [0.29, 0.717) is 0 Å². The SMILES string of the molecule is COC(=O)C(F)(F)c1ccccc1OC(O)(O)c1ccnn1CC(F)(F)F. The summed E-state index contributed by atoms with van der Waals surface area (Å²) in [6.07, 6.45) is -3.91. The van der Waals surface area contributed by atoms with Crippen molar-refractivity contribution >= 4 is 5.97 Å². The number of halogens is 5. The van der Waals surface area contributed by atoms with Crippen molar-refractivity contribution in [1.82, 2.24) is 9.78 Å². The van der Waals surface area contributed by atoms with Gasteiger partial charge in [-0.25, -0.2) is 4.79 Å². The number of methoxy groups -OCH3 is 1. The minimum absolute atomic E-state index is 0.182. The number of benzene rings is 1. The van der Waals surface area contributed by atoms with E-state index in [1.807, 2.05) is 0 Å². The van der Waals surface area contributed by atoms with Crippen molar-refractivity contribution in [2.75, 3.05) is 7.11 Å². The zero-order valence-electron chi connectivity index (χ0n) is 13.6. The largest absolute Gasteiger partial charge is 0.464 e. The van der Waals surface area contributed by atoms with Crippen molar-refractivity contribution in [3.63, 3.8) is 0 Å². The summed E-state index contributed by atoms with van der Waals surface area (Å²) in [5, 5.41) is 23.4. The highest BCUT2D eigenvalue weighted by Crippen LogP contribution is 2.38. The molecule has 27 heavy (non-hydrogen) atoms. The van der Waals surface area contributed by atoms with Crippen molar-refractivity contribution in [3.05, 3.63) is 47.8 Å². The van der Waals surface area contributed by atoms with Crippen LogP contribution in [0.3, 0.4) is 0 Å². The van der Waals surface area contributed by atoms with E-state index >= 15 is 0 Å². The molecule has 1 heterocycles. The molecular weight excluding hydrogens is 383 g/mol. The molecule has 1 aromatic carbocycles. The number of ether oxygens (including phenoxy) is 2. The fraction of sp³-hybridized carbons (Fsp3) is 0.333. The van der Waals surface area contributed by atoms with Gasteiger partial charge in [0.2, 0.25) is 0 Å². The Morgan fingerprint density at radius 2 is 1.78 bits per heavy atom. The lowest BCUT2D eigenvalue weighted by Gasteiger charge is -2.26. The van der Waals surface area contributed by atoms with Gasteiger partial charge in [0.05, 0.1) is 12.7 Å². The van der Waals surface area contributed by atoms with Gasteiger partial charge in [-0.15, -0.1) is 0 Å². The lowest BCUT2D eigenvalue weighted by molar-refractivity contribution is -0.309. The molecule has 0 amide bonds. The number of hydrogen-bond donors (Lipinski definition) is 2. The van der Waals surface area contributed by atoms with Gasteiger partial charge in [-0.1, -0.05) is 12.1 Å². The van der Waals surface area contributed by atoms with Crippen molar-refractivity contribution in [1.29, 1.82) is 0 Å². The third-order valence-corrected chi connectivity index (χ3v) is 3.30. The molecule has 1 aromatic heterocycles. The predicted molar refractivity (Wildman–Crippen MR) is 77.4 cm³/mol. The molecule has 2 aromatic rings. The Kier molecular flexibility index (Phi) is 5.42. The molecule has 0 aliphatic rings. The molecule has 0 aliphatic carbocycles. The molecule has 0 unspecified atom stereocenters. The van der Waals surface area contributed by atoms with Crippen LogP contribution in [-0.2, 0) is 28.0 Å². The number of rotatable bonds is 6. The summed E-state index contributed by atoms with van der Waals surface area (Å²) < 4.78 is 74.8. The minimum Gasteiger partial charge on any atom is -0.464 e. The van der Waals surface area contributed by atoms with E-state index in [9.17, 15) is 37.0 Å².